The molecule has 2 aliphatic heterocycles. The van der Waals surface area contributed by atoms with Crippen LogP contribution in [0.1, 0.15) is 32.1 Å². The van der Waals surface area contributed by atoms with Crippen LogP contribution in [-0.4, -0.2) is 57.1 Å². The van der Waals surface area contributed by atoms with Crippen LogP contribution in [0.25, 0.3) is 0 Å². The zero-order valence-corrected chi connectivity index (χ0v) is 11.3. The van der Waals surface area contributed by atoms with E-state index in [4.69, 9.17) is 9.47 Å². The van der Waals surface area contributed by atoms with Gasteiger partial charge in [-0.15, -0.1) is 0 Å². The summed E-state index contributed by atoms with van der Waals surface area (Å²) < 4.78 is 10.4. The van der Waals surface area contributed by atoms with E-state index in [0.29, 0.717) is 6.04 Å². The third-order valence-electron chi connectivity index (χ3n) is 4.44. The highest BCUT2D eigenvalue weighted by Crippen LogP contribution is 2.32. The minimum atomic E-state index is -0.116. The largest absolute Gasteiger partial charge is 0.355 e. The van der Waals surface area contributed by atoms with Gasteiger partial charge < -0.3 is 19.7 Å². The SMILES string of the molecule is COC(CNC1CC2CCCC(C1)N2C)OC. The van der Waals surface area contributed by atoms with Crippen LogP contribution in [0, 0.1) is 0 Å². The van der Waals surface area contributed by atoms with Gasteiger partial charge in [-0.05, 0) is 32.7 Å². The molecule has 17 heavy (non-hydrogen) atoms. The van der Waals surface area contributed by atoms with E-state index in [1.165, 1.54) is 32.1 Å². The van der Waals surface area contributed by atoms with Gasteiger partial charge in [0.05, 0.1) is 0 Å². The number of fused-ring (bicyclic) bond motifs is 2. The fourth-order valence-corrected chi connectivity index (χ4v) is 3.31. The molecule has 4 nitrogen and oxygen atoms in total. The monoisotopic (exact) mass is 242 g/mol. The molecular formula is C13H26N2O2. The minimum Gasteiger partial charge on any atom is -0.355 e. The first kappa shape index (κ1) is 13.3. The quantitative estimate of drug-likeness (QED) is 0.735. The summed E-state index contributed by atoms with van der Waals surface area (Å²) in [6.07, 6.45) is 6.56. The van der Waals surface area contributed by atoms with Crippen molar-refractivity contribution in [3.63, 3.8) is 0 Å². The number of hydrogen-bond acceptors (Lipinski definition) is 4. The lowest BCUT2D eigenvalue weighted by atomic mass is 9.82. The Bertz CT molecular complexity index is 219. The van der Waals surface area contributed by atoms with Gasteiger partial charge in [-0.2, -0.15) is 0 Å². The number of hydrogen-bond donors (Lipinski definition) is 1. The van der Waals surface area contributed by atoms with E-state index >= 15 is 0 Å². The first-order valence-corrected chi connectivity index (χ1v) is 6.75. The van der Waals surface area contributed by atoms with Crippen LogP contribution in [0.3, 0.4) is 0 Å². The highest BCUT2D eigenvalue weighted by atomic mass is 16.7. The van der Waals surface area contributed by atoms with E-state index in [2.05, 4.69) is 17.3 Å². The molecule has 2 fully saturated rings. The highest BCUT2D eigenvalue weighted by Gasteiger charge is 2.35. The van der Waals surface area contributed by atoms with Gasteiger partial charge in [0.2, 0.25) is 0 Å². The number of methoxy groups -OCH3 is 2. The van der Waals surface area contributed by atoms with Gasteiger partial charge in [0.1, 0.15) is 0 Å². The lowest BCUT2D eigenvalue weighted by Crippen LogP contribution is -2.55. The van der Waals surface area contributed by atoms with E-state index in [9.17, 15) is 0 Å². The molecule has 0 saturated carbocycles. The molecule has 2 aliphatic rings. The molecule has 0 spiro atoms. The van der Waals surface area contributed by atoms with Crippen LogP contribution >= 0.6 is 0 Å². The number of nitrogens with zero attached hydrogens (tertiary/aromatic N) is 1. The first-order valence-electron chi connectivity index (χ1n) is 6.75. The Labute approximate surface area is 105 Å². The Morgan fingerprint density at radius 2 is 1.76 bits per heavy atom. The Morgan fingerprint density at radius 3 is 2.29 bits per heavy atom. The van der Waals surface area contributed by atoms with E-state index in [-0.39, 0.29) is 6.29 Å². The molecule has 2 saturated heterocycles. The van der Waals surface area contributed by atoms with Gasteiger partial charge in [0.15, 0.2) is 6.29 Å². The molecule has 0 aromatic carbocycles. The van der Waals surface area contributed by atoms with Crippen LogP contribution in [0.4, 0.5) is 0 Å². The molecule has 2 atom stereocenters. The minimum absolute atomic E-state index is 0.116. The molecule has 0 aliphatic carbocycles. The first-order chi connectivity index (χ1) is 8.24. The van der Waals surface area contributed by atoms with Crippen LogP contribution in [-0.2, 0) is 9.47 Å². The third kappa shape index (κ3) is 3.19. The van der Waals surface area contributed by atoms with Crippen LogP contribution in [0.5, 0.6) is 0 Å². The molecule has 0 aromatic heterocycles. The second-order valence-corrected chi connectivity index (χ2v) is 5.38. The predicted molar refractivity (Wildman–Crippen MR) is 68.0 cm³/mol. The summed E-state index contributed by atoms with van der Waals surface area (Å²) >= 11 is 0. The number of rotatable bonds is 5. The van der Waals surface area contributed by atoms with Gasteiger partial charge >= 0.3 is 0 Å². The van der Waals surface area contributed by atoms with Gasteiger partial charge in [0, 0.05) is 38.9 Å². The second-order valence-electron chi connectivity index (χ2n) is 5.38. The van der Waals surface area contributed by atoms with Crippen molar-refractivity contribution >= 4 is 0 Å². The lowest BCUT2D eigenvalue weighted by molar-refractivity contribution is -0.101. The average Bonchev–Trinajstić information content (AvgIpc) is 2.31. The molecule has 0 radical (unpaired) electrons. The summed E-state index contributed by atoms with van der Waals surface area (Å²) in [5.41, 5.74) is 0. The maximum atomic E-state index is 5.21. The third-order valence-corrected chi connectivity index (χ3v) is 4.44. The van der Waals surface area contributed by atoms with Crippen molar-refractivity contribution in [2.75, 3.05) is 27.8 Å². The Balaban J connectivity index is 1.79. The number of piperidine rings is 2. The summed E-state index contributed by atoms with van der Waals surface area (Å²) in [5.74, 6) is 0. The van der Waals surface area contributed by atoms with E-state index in [0.717, 1.165) is 18.6 Å². The molecule has 0 amide bonds. The summed E-state index contributed by atoms with van der Waals surface area (Å²) in [5, 5.41) is 3.60. The van der Waals surface area contributed by atoms with E-state index in [1.54, 1.807) is 14.2 Å². The molecular weight excluding hydrogens is 216 g/mol. The molecule has 2 bridgehead atoms. The topological polar surface area (TPSA) is 33.7 Å². The van der Waals surface area contributed by atoms with E-state index < -0.39 is 0 Å². The zero-order chi connectivity index (χ0) is 12.3. The van der Waals surface area contributed by atoms with Crippen molar-refractivity contribution in [1.82, 2.24) is 10.2 Å². The normalized spacial score (nSPS) is 34.2. The van der Waals surface area contributed by atoms with Crippen LogP contribution in [0.15, 0.2) is 0 Å². The van der Waals surface area contributed by atoms with Crippen molar-refractivity contribution < 1.29 is 9.47 Å². The van der Waals surface area contributed by atoms with Crippen molar-refractivity contribution in [3.05, 3.63) is 0 Å². The van der Waals surface area contributed by atoms with E-state index in [1.807, 2.05) is 0 Å². The fourth-order valence-electron chi connectivity index (χ4n) is 3.31. The molecule has 100 valence electrons. The lowest BCUT2D eigenvalue weighted by Gasteiger charge is -2.47. The molecule has 0 aromatic rings. The predicted octanol–water partition coefficient (Wildman–Crippen LogP) is 1.21. The van der Waals surface area contributed by atoms with Gasteiger partial charge in [-0.1, -0.05) is 6.42 Å². The molecule has 4 heteroatoms. The smallest absolute Gasteiger partial charge is 0.169 e. The van der Waals surface area contributed by atoms with Gasteiger partial charge in [0.25, 0.3) is 0 Å². The fraction of sp³-hybridized carbons (Fsp3) is 1.00. The Hall–Kier alpha value is -0.160. The Morgan fingerprint density at radius 1 is 1.18 bits per heavy atom. The molecule has 2 heterocycles. The van der Waals surface area contributed by atoms with Crippen LogP contribution < -0.4 is 5.32 Å². The van der Waals surface area contributed by atoms with Crippen molar-refractivity contribution in [2.24, 2.45) is 0 Å². The maximum Gasteiger partial charge on any atom is 0.169 e. The zero-order valence-electron chi connectivity index (χ0n) is 11.3. The standard InChI is InChI=1S/C13H26N2O2/c1-15-11-5-4-6-12(15)8-10(7-11)14-9-13(16-2)17-3/h10-14H,4-9H2,1-3H3. The second kappa shape index (κ2) is 6.14. The van der Waals surface area contributed by atoms with Gasteiger partial charge in [-0.3, -0.25) is 0 Å². The van der Waals surface area contributed by atoms with Gasteiger partial charge in [-0.25, -0.2) is 0 Å². The molecule has 1 N–H and O–H groups in total. The summed E-state index contributed by atoms with van der Waals surface area (Å²) in [6.45, 7) is 0.792. The van der Waals surface area contributed by atoms with Crippen LogP contribution in [0.2, 0.25) is 0 Å². The highest BCUT2D eigenvalue weighted by molar-refractivity contribution is 4.93. The maximum absolute atomic E-state index is 5.21. The van der Waals surface area contributed by atoms with Crippen molar-refractivity contribution in [1.29, 1.82) is 0 Å². The summed E-state index contributed by atoms with van der Waals surface area (Å²) in [7, 11) is 5.68. The number of ether oxygens (including phenoxy) is 2. The van der Waals surface area contributed by atoms with Crippen molar-refractivity contribution in [2.45, 2.75) is 56.5 Å². The van der Waals surface area contributed by atoms with Crippen molar-refractivity contribution in [3.8, 4) is 0 Å². The molecule has 2 unspecified atom stereocenters. The summed E-state index contributed by atoms with van der Waals surface area (Å²) in [4.78, 5) is 2.59. The number of nitrogens with one attached hydrogen (secondary N) is 1. The average molecular weight is 242 g/mol. The molecule has 2 rings (SSSR count). The summed E-state index contributed by atoms with van der Waals surface area (Å²) in [6, 6.07) is 2.20. The Kier molecular flexibility index (Phi) is 4.79.